The first-order chi connectivity index (χ1) is 14.0. The number of rotatable bonds is 5. The zero-order chi connectivity index (χ0) is 20.4. The SMILES string of the molecule is COc1ccc(CCc2cc(C)c(C(=O)N3CCN4CCCC4C3)c(=O)o2)cc1. The minimum absolute atomic E-state index is 0.185. The molecule has 1 aromatic heterocycles. The van der Waals surface area contributed by atoms with Crippen molar-refractivity contribution in [2.75, 3.05) is 33.3 Å². The first-order valence-electron chi connectivity index (χ1n) is 10.3. The second kappa shape index (κ2) is 8.41. The van der Waals surface area contributed by atoms with Crippen LogP contribution in [0.25, 0.3) is 0 Å². The summed E-state index contributed by atoms with van der Waals surface area (Å²) in [6.07, 6.45) is 3.68. The lowest BCUT2D eigenvalue weighted by Crippen LogP contribution is -2.52. The molecule has 2 saturated heterocycles. The monoisotopic (exact) mass is 396 g/mol. The highest BCUT2D eigenvalue weighted by atomic mass is 16.5. The lowest BCUT2D eigenvalue weighted by Gasteiger charge is -2.37. The number of carbonyl (C=O) groups is 1. The lowest BCUT2D eigenvalue weighted by molar-refractivity contribution is 0.0566. The summed E-state index contributed by atoms with van der Waals surface area (Å²) in [5.74, 6) is 1.24. The van der Waals surface area contributed by atoms with Gasteiger partial charge in [-0.25, -0.2) is 4.79 Å². The van der Waals surface area contributed by atoms with Crippen LogP contribution in [0.2, 0.25) is 0 Å². The Kier molecular flexibility index (Phi) is 5.72. The van der Waals surface area contributed by atoms with Crippen molar-refractivity contribution in [3.8, 4) is 5.75 Å². The van der Waals surface area contributed by atoms with Gasteiger partial charge in [-0.1, -0.05) is 12.1 Å². The Morgan fingerprint density at radius 1 is 1.17 bits per heavy atom. The van der Waals surface area contributed by atoms with E-state index in [9.17, 15) is 9.59 Å². The number of piperazine rings is 1. The predicted molar refractivity (Wildman–Crippen MR) is 111 cm³/mol. The van der Waals surface area contributed by atoms with Gasteiger partial charge in [-0.3, -0.25) is 9.69 Å². The average Bonchev–Trinajstić information content (AvgIpc) is 3.20. The summed E-state index contributed by atoms with van der Waals surface area (Å²) >= 11 is 0. The Morgan fingerprint density at radius 3 is 2.69 bits per heavy atom. The van der Waals surface area contributed by atoms with E-state index < -0.39 is 5.63 Å². The van der Waals surface area contributed by atoms with Crippen molar-refractivity contribution in [2.45, 2.75) is 38.6 Å². The smallest absolute Gasteiger partial charge is 0.349 e. The Hall–Kier alpha value is -2.60. The second-order valence-electron chi connectivity index (χ2n) is 7.99. The number of carbonyl (C=O) groups excluding carboxylic acids is 1. The van der Waals surface area contributed by atoms with Crippen LogP contribution in [0.15, 0.2) is 39.5 Å². The first-order valence-corrected chi connectivity index (χ1v) is 10.3. The van der Waals surface area contributed by atoms with Crippen molar-refractivity contribution >= 4 is 5.91 Å². The van der Waals surface area contributed by atoms with Crippen LogP contribution >= 0.6 is 0 Å². The molecule has 2 aromatic rings. The lowest BCUT2D eigenvalue weighted by atomic mass is 10.0. The summed E-state index contributed by atoms with van der Waals surface area (Å²) in [7, 11) is 1.64. The van der Waals surface area contributed by atoms with Gasteiger partial charge in [0.1, 0.15) is 17.1 Å². The molecule has 2 aliphatic heterocycles. The van der Waals surface area contributed by atoms with Crippen molar-refractivity contribution in [3.05, 3.63) is 63.2 Å². The normalized spacial score (nSPS) is 19.2. The van der Waals surface area contributed by atoms with Gasteiger partial charge in [-0.15, -0.1) is 0 Å². The molecule has 1 unspecified atom stereocenters. The molecular weight excluding hydrogens is 368 g/mol. The number of fused-ring (bicyclic) bond motifs is 1. The quantitative estimate of drug-likeness (QED) is 0.778. The number of methoxy groups -OCH3 is 1. The highest BCUT2D eigenvalue weighted by Gasteiger charge is 2.34. The van der Waals surface area contributed by atoms with Gasteiger partial charge in [0.25, 0.3) is 5.91 Å². The van der Waals surface area contributed by atoms with Gasteiger partial charge in [0.2, 0.25) is 0 Å². The van der Waals surface area contributed by atoms with Crippen LogP contribution in [0, 0.1) is 6.92 Å². The third-order valence-corrected chi connectivity index (χ3v) is 6.11. The molecule has 0 saturated carbocycles. The topological polar surface area (TPSA) is 63.0 Å². The number of hydrogen-bond acceptors (Lipinski definition) is 5. The van der Waals surface area contributed by atoms with Crippen molar-refractivity contribution < 1.29 is 13.9 Å². The highest BCUT2D eigenvalue weighted by Crippen LogP contribution is 2.23. The Labute approximate surface area is 171 Å². The van der Waals surface area contributed by atoms with Crippen LogP contribution in [0.5, 0.6) is 5.75 Å². The molecule has 3 heterocycles. The van der Waals surface area contributed by atoms with Crippen LogP contribution in [-0.4, -0.2) is 55.0 Å². The van der Waals surface area contributed by atoms with E-state index in [1.54, 1.807) is 7.11 Å². The molecule has 0 N–H and O–H groups in total. The number of benzene rings is 1. The third kappa shape index (κ3) is 4.22. The van der Waals surface area contributed by atoms with Crippen molar-refractivity contribution in [1.82, 2.24) is 9.80 Å². The van der Waals surface area contributed by atoms with Gasteiger partial charge in [-0.2, -0.15) is 0 Å². The van der Waals surface area contributed by atoms with E-state index >= 15 is 0 Å². The average molecular weight is 396 g/mol. The van der Waals surface area contributed by atoms with E-state index in [0.29, 0.717) is 36.9 Å². The Balaban J connectivity index is 1.45. The molecule has 1 amide bonds. The van der Waals surface area contributed by atoms with Crippen LogP contribution in [0.3, 0.4) is 0 Å². The van der Waals surface area contributed by atoms with E-state index in [4.69, 9.17) is 9.15 Å². The molecule has 2 aliphatic rings. The van der Waals surface area contributed by atoms with Crippen molar-refractivity contribution in [1.29, 1.82) is 0 Å². The molecule has 1 atom stereocenters. The van der Waals surface area contributed by atoms with E-state index in [2.05, 4.69) is 4.90 Å². The molecule has 0 aliphatic carbocycles. The third-order valence-electron chi connectivity index (χ3n) is 6.11. The van der Waals surface area contributed by atoms with Gasteiger partial charge in [0, 0.05) is 32.1 Å². The molecule has 4 rings (SSSR count). The van der Waals surface area contributed by atoms with E-state index in [1.165, 1.54) is 6.42 Å². The fourth-order valence-corrected chi connectivity index (χ4v) is 4.45. The molecule has 6 heteroatoms. The fraction of sp³-hybridized carbons (Fsp3) is 0.478. The largest absolute Gasteiger partial charge is 0.497 e. The molecular formula is C23H28N2O4. The number of nitrogens with zero attached hydrogens (tertiary/aromatic N) is 2. The fourth-order valence-electron chi connectivity index (χ4n) is 4.45. The summed E-state index contributed by atoms with van der Waals surface area (Å²) in [5.41, 5.74) is 1.50. The van der Waals surface area contributed by atoms with Crippen molar-refractivity contribution in [2.24, 2.45) is 0 Å². The standard InChI is InChI=1S/C23H28N2O4/c1-16-14-20(10-7-17-5-8-19(28-2)9-6-17)29-23(27)21(16)22(26)25-13-12-24-11-3-4-18(24)15-25/h5-6,8-9,14,18H,3-4,7,10-13,15H2,1-2H3. The van der Waals surface area contributed by atoms with Crippen LogP contribution < -0.4 is 10.4 Å². The van der Waals surface area contributed by atoms with Gasteiger partial charge < -0.3 is 14.1 Å². The van der Waals surface area contributed by atoms with Gasteiger partial charge in [0.15, 0.2) is 0 Å². The Bertz CT molecular complexity index is 935. The molecule has 2 fully saturated rings. The molecule has 1 aromatic carbocycles. The summed E-state index contributed by atoms with van der Waals surface area (Å²) < 4.78 is 10.7. The van der Waals surface area contributed by atoms with E-state index in [1.807, 2.05) is 42.2 Å². The predicted octanol–water partition coefficient (Wildman–Crippen LogP) is 2.66. The minimum Gasteiger partial charge on any atom is -0.497 e. The second-order valence-corrected chi connectivity index (χ2v) is 7.99. The summed E-state index contributed by atoms with van der Waals surface area (Å²) in [5, 5.41) is 0. The maximum absolute atomic E-state index is 13.0. The van der Waals surface area contributed by atoms with E-state index in [0.717, 1.165) is 37.2 Å². The number of aryl methyl sites for hydroxylation is 3. The molecule has 0 bridgehead atoms. The zero-order valence-electron chi connectivity index (χ0n) is 17.1. The Morgan fingerprint density at radius 2 is 1.97 bits per heavy atom. The first kappa shape index (κ1) is 19.7. The van der Waals surface area contributed by atoms with E-state index in [-0.39, 0.29) is 11.5 Å². The number of ether oxygens (including phenoxy) is 1. The highest BCUT2D eigenvalue weighted by molar-refractivity contribution is 5.95. The van der Waals surface area contributed by atoms with Gasteiger partial charge in [0.05, 0.1) is 7.11 Å². The maximum Gasteiger partial charge on any atom is 0.349 e. The summed E-state index contributed by atoms with van der Waals surface area (Å²) in [4.78, 5) is 29.9. The van der Waals surface area contributed by atoms with Crippen LogP contribution in [0.4, 0.5) is 0 Å². The van der Waals surface area contributed by atoms with Crippen LogP contribution in [-0.2, 0) is 12.8 Å². The molecule has 0 radical (unpaired) electrons. The number of hydrogen-bond donors (Lipinski definition) is 0. The molecule has 29 heavy (non-hydrogen) atoms. The van der Waals surface area contributed by atoms with Crippen LogP contribution in [0.1, 0.15) is 40.1 Å². The maximum atomic E-state index is 13.0. The van der Waals surface area contributed by atoms with Gasteiger partial charge in [-0.05, 0) is 62.1 Å². The summed E-state index contributed by atoms with van der Waals surface area (Å²) in [6.45, 7) is 5.22. The molecule has 154 valence electrons. The summed E-state index contributed by atoms with van der Waals surface area (Å²) in [6, 6.07) is 10.1. The van der Waals surface area contributed by atoms with Crippen molar-refractivity contribution in [3.63, 3.8) is 0 Å². The number of amides is 1. The minimum atomic E-state index is -0.520. The zero-order valence-corrected chi connectivity index (χ0v) is 17.1. The molecule has 0 spiro atoms. The molecule has 6 nitrogen and oxygen atoms in total. The van der Waals surface area contributed by atoms with Gasteiger partial charge >= 0.3 is 5.63 Å².